The summed E-state index contributed by atoms with van der Waals surface area (Å²) in [6.45, 7) is 16.6. The highest BCUT2D eigenvalue weighted by atomic mass is 16.6. The second-order valence-corrected chi connectivity index (χ2v) is 14.5. The molecule has 4 saturated carbocycles. The van der Waals surface area contributed by atoms with Crippen molar-refractivity contribution in [3.63, 3.8) is 0 Å². The SMILES string of the molecule is C=C1C(=O)O[C@@H]2C[C@@H]3[C@]4(CC[C@]5(C)[C@@H]([C@H](C)CC/C=C(\C)C=O)CC[C@@]35C)C[C@]4(CCC(=O)NCCCC)[C@H]12. The molecule has 5 heteroatoms. The van der Waals surface area contributed by atoms with Gasteiger partial charge in [0.2, 0.25) is 5.91 Å². The topological polar surface area (TPSA) is 72.5 Å². The molecule has 0 bridgehead atoms. The molecule has 1 N–H and O–H groups in total. The van der Waals surface area contributed by atoms with E-state index in [9.17, 15) is 14.4 Å². The number of carbonyl (C=O) groups is 3. The summed E-state index contributed by atoms with van der Waals surface area (Å²) in [4.78, 5) is 36.7. The molecule has 216 valence electrons. The molecule has 0 radical (unpaired) electrons. The van der Waals surface area contributed by atoms with E-state index in [1.54, 1.807) is 0 Å². The monoisotopic (exact) mass is 537 g/mol. The molecule has 5 fully saturated rings. The van der Waals surface area contributed by atoms with Crippen molar-refractivity contribution >= 4 is 18.2 Å². The summed E-state index contributed by atoms with van der Waals surface area (Å²) in [6, 6.07) is 0. The van der Waals surface area contributed by atoms with Gasteiger partial charge in [-0.3, -0.25) is 9.59 Å². The van der Waals surface area contributed by atoms with Crippen LogP contribution in [0.2, 0.25) is 0 Å². The standard InChI is InChI=1S/C34H51NO4/c1-7-8-18-35-28(37)13-15-34-21-33(34)17-16-31(5)25(23(3)11-9-10-22(2)20-36)12-14-32(31,6)27(33)19-26-29(34)24(4)30(38)39-26/h10,20,23,25-27,29H,4,7-9,11-19,21H2,1-3,5-6H3,(H,35,37)/b22-10+/t23-,25-,26-,27+,29-,31-,32+,33+,34-/m1/s1. The van der Waals surface area contributed by atoms with Crippen LogP contribution in [-0.2, 0) is 19.1 Å². The maximum Gasteiger partial charge on any atom is 0.334 e. The zero-order valence-corrected chi connectivity index (χ0v) is 25.1. The molecule has 5 rings (SSSR count). The molecule has 39 heavy (non-hydrogen) atoms. The molecular weight excluding hydrogens is 486 g/mol. The number of ether oxygens (including phenoxy) is 1. The highest BCUT2D eigenvalue weighted by molar-refractivity contribution is 5.91. The van der Waals surface area contributed by atoms with E-state index >= 15 is 0 Å². The van der Waals surface area contributed by atoms with Gasteiger partial charge in [-0.05, 0) is 116 Å². The summed E-state index contributed by atoms with van der Waals surface area (Å²) in [7, 11) is 0. The molecule has 1 saturated heterocycles. The van der Waals surface area contributed by atoms with Crippen molar-refractivity contribution in [3.05, 3.63) is 23.8 Å². The van der Waals surface area contributed by atoms with Crippen LogP contribution in [0, 0.1) is 45.3 Å². The Morgan fingerprint density at radius 2 is 2.00 bits per heavy atom. The normalized spacial score (nSPS) is 43.1. The van der Waals surface area contributed by atoms with Crippen LogP contribution in [0.1, 0.15) is 112 Å². The lowest BCUT2D eigenvalue weighted by Crippen LogP contribution is -2.56. The lowest BCUT2D eigenvalue weighted by atomic mass is 9.43. The minimum Gasteiger partial charge on any atom is -0.458 e. The average Bonchev–Trinajstić information content (AvgIpc) is 3.36. The second-order valence-electron chi connectivity index (χ2n) is 14.5. The molecule has 5 aliphatic rings. The van der Waals surface area contributed by atoms with Gasteiger partial charge in [-0.1, -0.05) is 46.8 Å². The Bertz CT molecular complexity index is 1060. The van der Waals surface area contributed by atoms with Crippen LogP contribution < -0.4 is 5.32 Å². The Balaban J connectivity index is 1.39. The lowest BCUT2D eigenvalue weighted by Gasteiger charge is -2.61. The van der Waals surface area contributed by atoms with Gasteiger partial charge >= 0.3 is 5.97 Å². The molecule has 4 aliphatic carbocycles. The van der Waals surface area contributed by atoms with E-state index in [0.29, 0.717) is 29.7 Å². The van der Waals surface area contributed by atoms with Crippen molar-refractivity contribution in [2.45, 2.75) is 118 Å². The van der Waals surface area contributed by atoms with Crippen molar-refractivity contribution in [2.75, 3.05) is 6.54 Å². The molecular formula is C34H51NO4. The van der Waals surface area contributed by atoms with Gasteiger partial charge in [-0.25, -0.2) is 4.79 Å². The van der Waals surface area contributed by atoms with Crippen LogP contribution in [0.25, 0.3) is 0 Å². The van der Waals surface area contributed by atoms with E-state index in [-0.39, 0.29) is 45.6 Å². The zero-order valence-electron chi connectivity index (χ0n) is 25.1. The molecule has 1 aliphatic heterocycles. The first-order chi connectivity index (χ1) is 18.5. The molecule has 0 aromatic rings. The fourth-order valence-corrected chi connectivity index (χ4v) is 10.8. The maximum absolute atomic E-state index is 12.8. The highest BCUT2D eigenvalue weighted by Crippen LogP contribution is 2.88. The van der Waals surface area contributed by atoms with Crippen molar-refractivity contribution in [3.8, 4) is 0 Å². The fourth-order valence-electron chi connectivity index (χ4n) is 10.8. The molecule has 5 nitrogen and oxygen atoms in total. The minimum absolute atomic E-state index is 0.0306. The number of amides is 1. The number of rotatable bonds is 11. The third-order valence-corrected chi connectivity index (χ3v) is 13.1. The van der Waals surface area contributed by atoms with Gasteiger partial charge in [0.05, 0.1) is 0 Å². The van der Waals surface area contributed by atoms with Gasteiger partial charge in [0.1, 0.15) is 12.4 Å². The van der Waals surface area contributed by atoms with Crippen LogP contribution in [0.4, 0.5) is 0 Å². The Kier molecular flexibility index (Phi) is 7.46. The number of carbonyl (C=O) groups excluding carboxylic acids is 3. The van der Waals surface area contributed by atoms with E-state index in [1.165, 1.54) is 25.7 Å². The second kappa shape index (κ2) is 10.2. The Hall–Kier alpha value is -1.91. The van der Waals surface area contributed by atoms with Gasteiger partial charge in [0.25, 0.3) is 0 Å². The van der Waals surface area contributed by atoms with Crippen molar-refractivity contribution in [2.24, 2.45) is 45.3 Å². The average molecular weight is 538 g/mol. The molecule has 9 atom stereocenters. The van der Waals surface area contributed by atoms with Crippen molar-refractivity contribution < 1.29 is 19.1 Å². The van der Waals surface area contributed by atoms with E-state index in [0.717, 1.165) is 63.3 Å². The van der Waals surface area contributed by atoms with Gasteiger partial charge in [-0.15, -0.1) is 0 Å². The molecule has 1 amide bonds. The molecule has 0 unspecified atom stereocenters. The summed E-state index contributed by atoms with van der Waals surface area (Å²) in [6.07, 6.45) is 15.5. The van der Waals surface area contributed by atoms with Crippen molar-refractivity contribution in [1.29, 1.82) is 0 Å². The molecule has 1 heterocycles. The van der Waals surface area contributed by atoms with E-state index < -0.39 is 0 Å². The number of nitrogens with one attached hydrogen (secondary N) is 1. The van der Waals surface area contributed by atoms with Gasteiger partial charge in [-0.2, -0.15) is 0 Å². The number of esters is 1. The van der Waals surface area contributed by atoms with Crippen LogP contribution in [-0.4, -0.2) is 30.8 Å². The Morgan fingerprint density at radius 3 is 2.72 bits per heavy atom. The predicted molar refractivity (Wildman–Crippen MR) is 154 cm³/mol. The van der Waals surface area contributed by atoms with Gasteiger partial charge in [0, 0.05) is 24.5 Å². The number of aldehydes is 1. The Labute approximate surface area is 236 Å². The van der Waals surface area contributed by atoms with Gasteiger partial charge < -0.3 is 10.1 Å². The number of allylic oxidation sites excluding steroid dienone is 2. The maximum atomic E-state index is 12.8. The van der Waals surface area contributed by atoms with E-state index in [1.807, 2.05) is 6.92 Å². The third-order valence-electron chi connectivity index (χ3n) is 13.1. The fraction of sp³-hybridized carbons (Fsp3) is 0.794. The smallest absolute Gasteiger partial charge is 0.334 e. The van der Waals surface area contributed by atoms with Crippen LogP contribution in [0.3, 0.4) is 0 Å². The summed E-state index contributed by atoms with van der Waals surface area (Å²) in [5, 5.41) is 3.12. The van der Waals surface area contributed by atoms with Gasteiger partial charge in [0.15, 0.2) is 0 Å². The van der Waals surface area contributed by atoms with Crippen LogP contribution >= 0.6 is 0 Å². The third kappa shape index (κ3) is 4.19. The molecule has 0 aromatic carbocycles. The van der Waals surface area contributed by atoms with E-state index in [4.69, 9.17) is 4.74 Å². The number of hydrogen-bond donors (Lipinski definition) is 1. The first kappa shape index (κ1) is 28.6. The zero-order chi connectivity index (χ0) is 28.2. The largest absolute Gasteiger partial charge is 0.458 e. The molecule has 0 aromatic heterocycles. The minimum atomic E-state index is -0.207. The predicted octanol–water partition coefficient (Wildman–Crippen LogP) is 6.96. The quantitative estimate of drug-likeness (QED) is 0.134. The summed E-state index contributed by atoms with van der Waals surface area (Å²) in [5.74, 6) is 1.80. The highest BCUT2D eigenvalue weighted by Gasteiger charge is 2.83. The first-order valence-corrected chi connectivity index (χ1v) is 15.8. The first-order valence-electron chi connectivity index (χ1n) is 15.8. The number of hydrogen-bond acceptors (Lipinski definition) is 4. The molecule has 1 spiro atoms. The number of unbranched alkanes of at least 4 members (excludes halogenated alkanes) is 1. The lowest BCUT2D eigenvalue weighted by molar-refractivity contribution is -0.157. The Morgan fingerprint density at radius 1 is 1.23 bits per heavy atom. The summed E-state index contributed by atoms with van der Waals surface area (Å²) >= 11 is 0. The van der Waals surface area contributed by atoms with Crippen LogP contribution in [0.15, 0.2) is 23.8 Å². The summed E-state index contributed by atoms with van der Waals surface area (Å²) in [5.41, 5.74) is 2.12. The van der Waals surface area contributed by atoms with Crippen LogP contribution in [0.5, 0.6) is 0 Å². The van der Waals surface area contributed by atoms with E-state index in [2.05, 4.69) is 45.7 Å². The number of fused-ring (bicyclic) bond motifs is 4. The summed E-state index contributed by atoms with van der Waals surface area (Å²) < 4.78 is 6.04. The van der Waals surface area contributed by atoms with Crippen molar-refractivity contribution in [1.82, 2.24) is 5.32 Å².